The Bertz CT molecular complexity index is 398. The Labute approximate surface area is 101 Å². The van der Waals surface area contributed by atoms with Gasteiger partial charge in [-0.3, -0.25) is 0 Å². The van der Waals surface area contributed by atoms with Crippen LogP contribution < -0.4 is 4.74 Å². The van der Waals surface area contributed by atoms with Crippen LogP contribution in [0.5, 0.6) is 5.75 Å². The molecule has 2 N–H and O–H groups in total. The van der Waals surface area contributed by atoms with Crippen LogP contribution >= 0.6 is 0 Å². The summed E-state index contributed by atoms with van der Waals surface area (Å²) in [6.45, 7) is -0.0431. The predicted octanol–water partition coefficient (Wildman–Crippen LogP) is 2.31. The van der Waals surface area contributed by atoms with Crippen LogP contribution in [0, 0.1) is 0 Å². The molecule has 4 nitrogen and oxygen atoms in total. The van der Waals surface area contributed by atoms with Crippen molar-refractivity contribution < 1.29 is 15.1 Å². The van der Waals surface area contributed by atoms with Crippen LogP contribution in [-0.2, 0) is 6.61 Å². The molecule has 1 saturated carbocycles. The lowest BCUT2D eigenvalue weighted by Crippen LogP contribution is -2.12. The van der Waals surface area contributed by atoms with Gasteiger partial charge in [0.1, 0.15) is 5.75 Å². The van der Waals surface area contributed by atoms with Crippen molar-refractivity contribution in [2.24, 2.45) is 5.16 Å². The summed E-state index contributed by atoms with van der Waals surface area (Å²) in [5, 5.41) is 20.7. The molecule has 0 saturated heterocycles. The molecular formula is C13H17NO3. The first-order chi connectivity index (χ1) is 8.33. The van der Waals surface area contributed by atoms with Gasteiger partial charge < -0.3 is 15.1 Å². The molecular weight excluding hydrogens is 218 g/mol. The van der Waals surface area contributed by atoms with Crippen molar-refractivity contribution in [2.45, 2.75) is 38.4 Å². The Balaban J connectivity index is 2.18. The average Bonchev–Trinajstić information content (AvgIpc) is 2.83. The molecule has 0 heterocycles. The molecule has 0 amide bonds. The van der Waals surface area contributed by atoms with E-state index in [9.17, 15) is 5.11 Å². The molecule has 0 bridgehead atoms. The van der Waals surface area contributed by atoms with E-state index >= 15 is 0 Å². The third-order valence-electron chi connectivity index (χ3n) is 3.06. The highest BCUT2D eigenvalue weighted by Gasteiger charge is 2.17. The second-order valence-electron chi connectivity index (χ2n) is 4.29. The maximum absolute atomic E-state index is 9.25. The third-order valence-corrected chi connectivity index (χ3v) is 3.06. The quantitative estimate of drug-likeness (QED) is 0.478. The zero-order valence-corrected chi connectivity index (χ0v) is 9.67. The van der Waals surface area contributed by atoms with E-state index in [1.807, 2.05) is 0 Å². The van der Waals surface area contributed by atoms with Crippen molar-refractivity contribution >= 4 is 6.21 Å². The fourth-order valence-corrected chi connectivity index (χ4v) is 2.14. The van der Waals surface area contributed by atoms with Gasteiger partial charge in [0.25, 0.3) is 0 Å². The number of hydrogen-bond donors (Lipinski definition) is 2. The van der Waals surface area contributed by atoms with Gasteiger partial charge in [-0.15, -0.1) is 0 Å². The molecule has 1 aliphatic carbocycles. The summed E-state index contributed by atoms with van der Waals surface area (Å²) < 4.78 is 5.88. The molecule has 2 rings (SSSR count). The summed E-state index contributed by atoms with van der Waals surface area (Å²) in [5.41, 5.74) is 1.53. The van der Waals surface area contributed by atoms with Crippen molar-refractivity contribution in [3.05, 3.63) is 29.3 Å². The molecule has 0 atom stereocenters. The van der Waals surface area contributed by atoms with E-state index in [0.717, 1.165) is 24.0 Å². The monoisotopic (exact) mass is 235 g/mol. The van der Waals surface area contributed by atoms with Crippen molar-refractivity contribution in [1.29, 1.82) is 0 Å². The highest BCUT2D eigenvalue weighted by Crippen LogP contribution is 2.27. The molecule has 1 fully saturated rings. The first-order valence-electron chi connectivity index (χ1n) is 5.91. The zero-order chi connectivity index (χ0) is 12.1. The van der Waals surface area contributed by atoms with E-state index in [0.29, 0.717) is 5.75 Å². The summed E-state index contributed by atoms with van der Waals surface area (Å²) in [4.78, 5) is 0. The van der Waals surface area contributed by atoms with Gasteiger partial charge in [-0.05, 0) is 37.3 Å². The fraction of sp³-hybridized carbons (Fsp3) is 0.462. The summed E-state index contributed by atoms with van der Waals surface area (Å²) in [5.74, 6) is 0.691. The maximum Gasteiger partial charge on any atom is 0.125 e. The lowest BCUT2D eigenvalue weighted by molar-refractivity contribution is 0.199. The highest BCUT2D eigenvalue weighted by molar-refractivity contribution is 5.80. The smallest absolute Gasteiger partial charge is 0.125 e. The van der Waals surface area contributed by atoms with E-state index in [4.69, 9.17) is 9.94 Å². The number of nitrogens with zero attached hydrogens (tertiary/aromatic N) is 1. The van der Waals surface area contributed by atoms with E-state index in [1.165, 1.54) is 19.1 Å². The normalized spacial score (nSPS) is 16.8. The summed E-state index contributed by atoms with van der Waals surface area (Å²) >= 11 is 0. The summed E-state index contributed by atoms with van der Waals surface area (Å²) in [6.07, 6.45) is 6.16. The number of hydrogen-bond acceptors (Lipinski definition) is 4. The van der Waals surface area contributed by atoms with Gasteiger partial charge in [-0.2, -0.15) is 0 Å². The molecule has 0 radical (unpaired) electrons. The van der Waals surface area contributed by atoms with Crippen molar-refractivity contribution in [1.82, 2.24) is 0 Å². The lowest BCUT2D eigenvalue weighted by Gasteiger charge is -2.16. The van der Waals surface area contributed by atoms with Crippen LogP contribution in [0.25, 0.3) is 0 Å². The molecule has 92 valence electrons. The van der Waals surface area contributed by atoms with Gasteiger partial charge in [0, 0.05) is 5.56 Å². The van der Waals surface area contributed by atoms with E-state index in [2.05, 4.69) is 5.16 Å². The first-order valence-corrected chi connectivity index (χ1v) is 5.91. The minimum Gasteiger partial charge on any atom is -0.490 e. The Hall–Kier alpha value is -1.55. The molecule has 1 aliphatic rings. The van der Waals surface area contributed by atoms with Crippen LogP contribution in [0.3, 0.4) is 0 Å². The van der Waals surface area contributed by atoms with Gasteiger partial charge in [-0.1, -0.05) is 17.3 Å². The van der Waals surface area contributed by atoms with Crippen LogP contribution in [0.15, 0.2) is 23.4 Å². The molecule has 1 aromatic carbocycles. The molecule has 17 heavy (non-hydrogen) atoms. The van der Waals surface area contributed by atoms with Gasteiger partial charge in [0.2, 0.25) is 0 Å². The molecule has 4 heteroatoms. The second-order valence-corrected chi connectivity index (χ2v) is 4.29. The standard InChI is InChI=1S/C13H17NO3/c15-9-11-6-5-10(8-14-16)7-13(11)17-12-3-1-2-4-12/h5-8,12,15-16H,1-4,9H2/b14-8+. The second kappa shape index (κ2) is 5.68. The van der Waals surface area contributed by atoms with E-state index in [-0.39, 0.29) is 12.7 Å². The Kier molecular flexibility index (Phi) is 3.98. The Morgan fingerprint density at radius 3 is 2.76 bits per heavy atom. The topological polar surface area (TPSA) is 62.1 Å². The van der Waals surface area contributed by atoms with E-state index in [1.54, 1.807) is 18.2 Å². The summed E-state index contributed by atoms with van der Waals surface area (Å²) in [6, 6.07) is 5.37. The Morgan fingerprint density at radius 2 is 2.12 bits per heavy atom. The van der Waals surface area contributed by atoms with Crippen molar-refractivity contribution in [3.63, 3.8) is 0 Å². The molecule has 1 aromatic rings. The largest absolute Gasteiger partial charge is 0.490 e. The zero-order valence-electron chi connectivity index (χ0n) is 9.67. The van der Waals surface area contributed by atoms with Crippen LogP contribution in [0.4, 0.5) is 0 Å². The number of aliphatic hydroxyl groups is 1. The number of aliphatic hydroxyl groups excluding tert-OH is 1. The lowest BCUT2D eigenvalue weighted by atomic mass is 10.1. The molecule has 0 unspecified atom stereocenters. The SMILES string of the molecule is OCc1ccc(/C=N/O)cc1OC1CCCC1. The number of oxime groups is 1. The fourth-order valence-electron chi connectivity index (χ4n) is 2.14. The molecule has 0 spiro atoms. The van der Waals surface area contributed by atoms with Crippen LogP contribution in [0.2, 0.25) is 0 Å². The van der Waals surface area contributed by atoms with Gasteiger partial charge in [0.15, 0.2) is 0 Å². The molecule has 0 aromatic heterocycles. The average molecular weight is 235 g/mol. The molecule has 0 aliphatic heterocycles. The summed E-state index contributed by atoms with van der Waals surface area (Å²) in [7, 11) is 0. The van der Waals surface area contributed by atoms with Gasteiger partial charge >= 0.3 is 0 Å². The van der Waals surface area contributed by atoms with Crippen LogP contribution in [0.1, 0.15) is 36.8 Å². The van der Waals surface area contributed by atoms with Crippen LogP contribution in [-0.4, -0.2) is 22.6 Å². The van der Waals surface area contributed by atoms with Gasteiger partial charge in [0.05, 0.1) is 18.9 Å². The maximum atomic E-state index is 9.25. The Morgan fingerprint density at radius 1 is 1.35 bits per heavy atom. The number of ether oxygens (including phenoxy) is 1. The number of rotatable bonds is 4. The van der Waals surface area contributed by atoms with E-state index < -0.39 is 0 Å². The number of benzene rings is 1. The predicted molar refractivity (Wildman–Crippen MR) is 64.6 cm³/mol. The van der Waals surface area contributed by atoms with Gasteiger partial charge in [-0.25, -0.2) is 0 Å². The third kappa shape index (κ3) is 2.97. The van der Waals surface area contributed by atoms with Crippen molar-refractivity contribution in [3.8, 4) is 5.75 Å². The minimum atomic E-state index is -0.0431. The first kappa shape index (κ1) is 11.9. The van der Waals surface area contributed by atoms with Crippen molar-refractivity contribution in [2.75, 3.05) is 0 Å². The highest BCUT2D eigenvalue weighted by atomic mass is 16.5. The minimum absolute atomic E-state index is 0.0431.